The second-order valence-corrected chi connectivity index (χ2v) is 19.8. The lowest BCUT2D eigenvalue weighted by Crippen LogP contribution is -2.30. The van der Waals surface area contributed by atoms with Crippen LogP contribution >= 0.6 is 0 Å². The van der Waals surface area contributed by atoms with Gasteiger partial charge in [-0.3, -0.25) is 14.4 Å². The van der Waals surface area contributed by atoms with Crippen molar-refractivity contribution in [1.82, 2.24) is 0 Å². The fourth-order valence-electron chi connectivity index (χ4n) is 7.84. The first-order valence-corrected chi connectivity index (χ1v) is 31.3. The average Bonchev–Trinajstić information content (AvgIpc) is 3.45. The summed E-state index contributed by atoms with van der Waals surface area (Å²) in [5.74, 6) is -1.04. The molecule has 0 spiro atoms. The van der Waals surface area contributed by atoms with E-state index in [-0.39, 0.29) is 44.0 Å². The molecule has 0 rings (SSSR count). The number of rotatable bonds is 54. The largest absolute Gasteiger partial charge is 0.462 e. The predicted molar refractivity (Wildman–Crippen MR) is 343 cm³/mol. The van der Waals surface area contributed by atoms with E-state index in [0.717, 1.165) is 161 Å². The molecule has 0 aliphatic heterocycles. The molecule has 1 atom stereocenters. The maximum atomic E-state index is 12.9. The highest BCUT2D eigenvalue weighted by Gasteiger charge is 2.19. The Morgan fingerprint density at radius 2 is 0.481 bits per heavy atom. The number of carbonyl (C=O) groups is 3. The van der Waals surface area contributed by atoms with Crippen LogP contribution in [-0.4, -0.2) is 37.2 Å². The molecule has 0 fully saturated rings. The molecule has 0 aliphatic carbocycles. The lowest BCUT2D eigenvalue weighted by atomic mass is 10.1. The van der Waals surface area contributed by atoms with Gasteiger partial charge in [-0.25, -0.2) is 0 Å². The molecule has 0 aromatic carbocycles. The zero-order chi connectivity index (χ0) is 57.1. The highest BCUT2D eigenvalue weighted by Crippen LogP contribution is 2.13. The van der Waals surface area contributed by atoms with Gasteiger partial charge in [0.05, 0.1) is 0 Å². The zero-order valence-corrected chi connectivity index (χ0v) is 50.3. The smallest absolute Gasteiger partial charge is 0.306 e. The van der Waals surface area contributed by atoms with Crippen molar-refractivity contribution in [3.63, 3.8) is 0 Å². The summed E-state index contributed by atoms with van der Waals surface area (Å²) in [6, 6.07) is 0. The summed E-state index contributed by atoms with van der Waals surface area (Å²) in [6.45, 7) is 6.20. The van der Waals surface area contributed by atoms with Crippen molar-refractivity contribution < 1.29 is 28.6 Å². The second kappa shape index (κ2) is 65.0. The number of allylic oxidation sites excluding steroid dienone is 30. The van der Waals surface area contributed by atoms with Gasteiger partial charge in [0, 0.05) is 19.3 Å². The molecule has 0 aromatic heterocycles. The van der Waals surface area contributed by atoms with Crippen molar-refractivity contribution in [2.45, 2.75) is 245 Å². The van der Waals surface area contributed by atoms with E-state index in [9.17, 15) is 14.4 Å². The van der Waals surface area contributed by atoms with Gasteiger partial charge < -0.3 is 14.2 Å². The summed E-state index contributed by atoms with van der Waals surface area (Å²) in [6.07, 6.45) is 97.6. The van der Waals surface area contributed by atoms with Crippen molar-refractivity contribution in [1.29, 1.82) is 0 Å². The van der Waals surface area contributed by atoms with E-state index in [1.807, 2.05) is 12.2 Å². The molecular formula is C73H112O6. The summed E-state index contributed by atoms with van der Waals surface area (Å²) < 4.78 is 16.8. The fraction of sp³-hybridized carbons (Fsp3) is 0.548. The van der Waals surface area contributed by atoms with Crippen LogP contribution in [0, 0.1) is 0 Å². The van der Waals surface area contributed by atoms with Gasteiger partial charge >= 0.3 is 17.9 Å². The van der Waals surface area contributed by atoms with E-state index in [2.05, 4.69) is 191 Å². The van der Waals surface area contributed by atoms with Crippen molar-refractivity contribution in [3.8, 4) is 0 Å². The molecule has 79 heavy (non-hydrogen) atoms. The molecule has 6 heteroatoms. The normalized spacial score (nSPS) is 13.4. The van der Waals surface area contributed by atoms with Crippen molar-refractivity contribution in [3.05, 3.63) is 182 Å². The van der Waals surface area contributed by atoms with Gasteiger partial charge in [0.25, 0.3) is 0 Å². The Labute approximate surface area is 484 Å². The van der Waals surface area contributed by atoms with E-state index in [1.165, 1.54) is 32.1 Å². The van der Waals surface area contributed by atoms with Crippen molar-refractivity contribution >= 4 is 17.9 Å². The molecule has 6 nitrogen and oxygen atoms in total. The molecule has 0 heterocycles. The Morgan fingerprint density at radius 1 is 0.253 bits per heavy atom. The lowest BCUT2D eigenvalue weighted by Gasteiger charge is -2.18. The molecule has 0 saturated heterocycles. The Morgan fingerprint density at radius 3 is 0.785 bits per heavy atom. The Kier molecular flexibility index (Phi) is 60.5. The summed E-state index contributed by atoms with van der Waals surface area (Å²) in [5.41, 5.74) is 0. The number of carbonyl (C=O) groups excluding carboxylic acids is 3. The minimum atomic E-state index is -0.831. The molecule has 0 aliphatic rings. The Balaban J connectivity index is 4.44. The number of ether oxygens (including phenoxy) is 3. The zero-order valence-electron chi connectivity index (χ0n) is 50.3. The van der Waals surface area contributed by atoms with E-state index >= 15 is 0 Å². The van der Waals surface area contributed by atoms with Crippen LogP contribution in [0.5, 0.6) is 0 Å². The van der Waals surface area contributed by atoms with Crippen LogP contribution in [0.25, 0.3) is 0 Å². The molecule has 0 bridgehead atoms. The maximum Gasteiger partial charge on any atom is 0.306 e. The summed E-state index contributed by atoms with van der Waals surface area (Å²) >= 11 is 0. The molecule has 440 valence electrons. The highest BCUT2D eigenvalue weighted by atomic mass is 16.6. The Bertz CT molecular complexity index is 1870. The van der Waals surface area contributed by atoms with Gasteiger partial charge in [-0.1, -0.05) is 261 Å². The van der Waals surface area contributed by atoms with E-state index in [0.29, 0.717) is 12.8 Å². The monoisotopic (exact) mass is 1080 g/mol. The molecular weight excluding hydrogens is 973 g/mol. The van der Waals surface area contributed by atoms with Gasteiger partial charge in [-0.2, -0.15) is 0 Å². The van der Waals surface area contributed by atoms with Gasteiger partial charge in [-0.05, 0) is 141 Å². The number of unbranched alkanes of at least 4 members (excludes halogenated alkanes) is 13. The molecule has 0 N–H and O–H groups in total. The van der Waals surface area contributed by atoms with Crippen LogP contribution < -0.4 is 0 Å². The number of hydrogen-bond acceptors (Lipinski definition) is 6. The van der Waals surface area contributed by atoms with Crippen LogP contribution in [0.15, 0.2) is 182 Å². The molecule has 0 aromatic rings. The maximum absolute atomic E-state index is 12.9. The highest BCUT2D eigenvalue weighted by molar-refractivity contribution is 5.71. The first kappa shape index (κ1) is 73.5. The summed E-state index contributed by atoms with van der Waals surface area (Å²) in [4.78, 5) is 38.2. The minimum absolute atomic E-state index is 0.121. The molecule has 0 amide bonds. The van der Waals surface area contributed by atoms with Gasteiger partial charge in [0.2, 0.25) is 0 Å². The van der Waals surface area contributed by atoms with E-state index in [1.54, 1.807) is 0 Å². The standard InChI is InChI=1S/C73H112O6/c1-4-7-10-13-16-19-22-25-27-29-31-32-33-34-35-36-37-38-39-40-42-43-45-48-51-54-57-60-63-66-72(75)78-69-70(68-77-71(74)65-62-59-56-53-50-47-24-21-18-15-12-9-6-3)79-73(76)67-64-61-58-55-52-49-46-44-41-30-28-26-23-20-17-14-11-8-5-2/h7-12,16-21,25-28,31-32,34-35,37-38,40-42,44,47,50,56,59,70H,4-6,13-15,22-24,29-30,33,36,39,43,45-46,48-49,51-55,57-58,60-69H2,1-3H3/b10-7-,11-8-,12-9-,19-16-,20-17-,21-18-,27-25-,28-26-,32-31-,35-34-,38-37-,42-40-,44-41-,50-47-,59-56-. The van der Waals surface area contributed by atoms with E-state index < -0.39 is 6.10 Å². The first-order valence-electron chi connectivity index (χ1n) is 31.3. The van der Waals surface area contributed by atoms with E-state index in [4.69, 9.17) is 14.2 Å². The molecule has 0 saturated carbocycles. The van der Waals surface area contributed by atoms with Crippen molar-refractivity contribution in [2.24, 2.45) is 0 Å². The quantitative estimate of drug-likeness (QED) is 0.0261. The third-order valence-electron chi connectivity index (χ3n) is 12.4. The third-order valence-corrected chi connectivity index (χ3v) is 12.4. The molecule has 0 radical (unpaired) electrons. The third kappa shape index (κ3) is 63.2. The van der Waals surface area contributed by atoms with Crippen LogP contribution in [0.1, 0.15) is 239 Å². The van der Waals surface area contributed by atoms with Gasteiger partial charge in [0.1, 0.15) is 13.2 Å². The van der Waals surface area contributed by atoms with Crippen LogP contribution in [0.4, 0.5) is 0 Å². The first-order chi connectivity index (χ1) is 39.0. The summed E-state index contributed by atoms with van der Waals surface area (Å²) in [7, 11) is 0. The topological polar surface area (TPSA) is 78.9 Å². The predicted octanol–water partition coefficient (Wildman–Crippen LogP) is 21.7. The average molecular weight is 1090 g/mol. The van der Waals surface area contributed by atoms with Crippen molar-refractivity contribution in [2.75, 3.05) is 13.2 Å². The summed E-state index contributed by atoms with van der Waals surface area (Å²) in [5, 5.41) is 0. The van der Waals surface area contributed by atoms with Crippen LogP contribution in [0.3, 0.4) is 0 Å². The SMILES string of the molecule is CC/C=C\C/C=C\C/C=C\C/C=C\C/C=C\C/C=C\C/C=C\CCCCCCCCCC(=O)OCC(COC(=O)CC/C=C\C/C=C\C/C=C\C/C=C\CC)OC(=O)CCCCCCCC/C=C\C/C=C\C/C=C\C/C=C\CC. The lowest BCUT2D eigenvalue weighted by molar-refractivity contribution is -0.166. The number of hydrogen-bond donors (Lipinski definition) is 0. The van der Waals surface area contributed by atoms with Gasteiger partial charge in [0.15, 0.2) is 6.10 Å². The van der Waals surface area contributed by atoms with Crippen LogP contribution in [0.2, 0.25) is 0 Å². The molecule has 1 unspecified atom stereocenters. The second-order valence-electron chi connectivity index (χ2n) is 19.8. The number of esters is 3. The fourth-order valence-corrected chi connectivity index (χ4v) is 7.84. The minimum Gasteiger partial charge on any atom is -0.462 e. The van der Waals surface area contributed by atoms with Gasteiger partial charge in [-0.15, -0.1) is 0 Å². The van der Waals surface area contributed by atoms with Crippen LogP contribution in [-0.2, 0) is 28.6 Å². The Hall–Kier alpha value is -5.49.